The molecule has 2 aromatic carbocycles. The van der Waals surface area contributed by atoms with Gasteiger partial charge in [0.15, 0.2) is 11.0 Å². The number of rotatable bonds is 9. The van der Waals surface area contributed by atoms with Gasteiger partial charge in [-0.25, -0.2) is 4.39 Å². The van der Waals surface area contributed by atoms with Gasteiger partial charge in [0, 0.05) is 6.54 Å². The molecule has 0 aliphatic rings. The van der Waals surface area contributed by atoms with Crippen LogP contribution in [-0.4, -0.2) is 39.4 Å². The molecule has 0 fully saturated rings. The molecule has 0 spiro atoms. The summed E-state index contributed by atoms with van der Waals surface area (Å²) in [7, 11) is 1.54. The van der Waals surface area contributed by atoms with E-state index in [-0.39, 0.29) is 23.8 Å². The third kappa shape index (κ3) is 5.60. The van der Waals surface area contributed by atoms with Crippen molar-refractivity contribution in [1.82, 2.24) is 20.1 Å². The molecule has 0 radical (unpaired) electrons. The molecule has 2 N–H and O–H groups in total. The maximum Gasteiger partial charge on any atom is 0.254 e. The Morgan fingerprint density at radius 2 is 1.87 bits per heavy atom. The number of hydrogen-bond donors (Lipinski definition) is 2. The normalized spacial score (nSPS) is 10.5. The number of halogens is 1. The van der Waals surface area contributed by atoms with Crippen LogP contribution in [-0.2, 0) is 17.9 Å². The maximum atomic E-state index is 13.8. The van der Waals surface area contributed by atoms with Crippen LogP contribution in [0.3, 0.4) is 0 Å². The lowest BCUT2D eigenvalue weighted by Crippen LogP contribution is -2.25. The number of para-hydroxylation sites is 2. The molecule has 0 saturated heterocycles. The fourth-order valence-corrected chi connectivity index (χ4v) is 3.66. The summed E-state index contributed by atoms with van der Waals surface area (Å²) < 4.78 is 20.8. The zero-order valence-electron chi connectivity index (χ0n) is 17.1. The van der Waals surface area contributed by atoms with Crippen molar-refractivity contribution in [3.8, 4) is 5.75 Å². The van der Waals surface area contributed by atoms with Gasteiger partial charge in [-0.2, -0.15) is 0 Å². The number of nitrogens with one attached hydrogen (secondary N) is 2. The summed E-state index contributed by atoms with van der Waals surface area (Å²) >= 11 is 1.23. The Labute approximate surface area is 183 Å². The minimum atomic E-state index is -0.589. The Balaban J connectivity index is 1.59. The van der Waals surface area contributed by atoms with E-state index < -0.39 is 11.7 Å². The molecule has 1 aromatic heterocycles. The van der Waals surface area contributed by atoms with Gasteiger partial charge < -0.3 is 19.9 Å². The van der Waals surface area contributed by atoms with Crippen LogP contribution in [0.4, 0.5) is 10.1 Å². The SMILES string of the molecule is CCn1c(CNC(=O)c2ccccc2F)nnc1SCC(=O)Nc1ccccc1OC. The van der Waals surface area contributed by atoms with Crippen molar-refractivity contribution in [3.63, 3.8) is 0 Å². The van der Waals surface area contributed by atoms with Gasteiger partial charge in [-0.1, -0.05) is 36.0 Å². The van der Waals surface area contributed by atoms with Gasteiger partial charge in [-0.3, -0.25) is 9.59 Å². The first-order valence-electron chi connectivity index (χ1n) is 9.54. The second-order valence-corrected chi connectivity index (χ2v) is 7.29. The van der Waals surface area contributed by atoms with Gasteiger partial charge in [0.2, 0.25) is 5.91 Å². The largest absolute Gasteiger partial charge is 0.495 e. The molecule has 8 nitrogen and oxygen atoms in total. The van der Waals surface area contributed by atoms with Crippen LogP contribution in [0.1, 0.15) is 23.1 Å². The van der Waals surface area contributed by atoms with Crippen molar-refractivity contribution < 1.29 is 18.7 Å². The van der Waals surface area contributed by atoms with Crippen molar-refractivity contribution in [2.75, 3.05) is 18.2 Å². The van der Waals surface area contributed by atoms with Crippen LogP contribution in [0.15, 0.2) is 53.7 Å². The number of carbonyl (C=O) groups excluding carboxylic acids is 2. The first-order chi connectivity index (χ1) is 15.0. The Morgan fingerprint density at radius 3 is 2.61 bits per heavy atom. The van der Waals surface area contributed by atoms with Crippen molar-refractivity contribution in [2.24, 2.45) is 0 Å². The first kappa shape index (κ1) is 22.3. The summed E-state index contributed by atoms with van der Waals surface area (Å²) in [4.78, 5) is 24.5. The van der Waals surface area contributed by atoms with Crippen LogP contribution >= 0.6 is 11.8 Å². The number of anilines is 1. The summed E-state index contributed by atoms with van der Waals surface area (Å²) in [5, 5.41) is 14.2. The molecular formula is C21H22FN5O3S. The highest BCUT2D eigenvalue weighted by Crippen LogP contribution is 2.24. The van der Waals surface area contributed by atoms with Gasteiger partial charge in [0.25, 0.3) is 5.91 Å². The van der Waals surface area contributed by atoms with E-state index in [9.17, 15) is 14.0 Å². The Kier molecular flexibility index (Phi) is 7.60. The lowest BCUT2D eigenvalue weighted by atomic mass is 10.2. The Morgan fingerprint density at radius 1 is 1.13 bits per heavy atom. The van der Waals surface area contributed by atoms with Gasteiger partial charge in [-0.05, 0) is 31.2 Å². The first-order valence-corrected chi connectivity index (χ1v) is 10.5. The molecule has 31 heavy (non-hydrogen) atoms. The number of amides is 2. The molecule has 0 aliphatic carbocycles. The van der Waals surface area contributed by atoms with E-state index in [2.05, 4.69) is 20.8 Å². The summed E-state index contributed by atoms with van der Waals surface area (Å²) in [6.45, 7) is 2.54. The van der Waals surface area contributed by atoms with Gasteiger partial charge in [0.1, 0.15) is 11.6 Å². The number of thioether (sulfide) groups is 1. The monoisotopic (exact) mass is 443 g/mol. The molecule has 2 amide bonds. The standard InChI is InChI=1S/C21H22FN5O3S/c1-3-27-18(12-23-20(29)14-8-4-5-9-15(14)22)25-26-21(27)31-13-19(28)24-16-10-6-7-11-17(16)30-2/h4-11H,3,12-13H2,1-2H3,(H,23,29)(H,24,28). The van der Waals surface area contributed by atoms with Crippen molar-refractivity contribution in [2.45, 2.75) is 25.2 Å². The molecule has 0 saturated carbocycles. The molecule has 0 unspecified atom stereocenters. The average Bonchev–Trinajstić information content (AvgIpc) is 3.18. The van der Waals surface area contributed by atoms with Gasteiger partial charge >= 0.3 is 0 Å². The molecule has 0 aliphatic heterocycles. The number of aromatic nitrogens is 3. The molecule has 0 atom stereocenters. The van der Waals surface area contributed by atoms with Crippen molar-refractivity contribution in [1.29, 1.82) is 0 Å². The van der Waals surface area contributed by atoms with Gasteiger partial charge in [0.05, 0.1) is 30.7 Å². The fourth-order valence-electron chi connectivity index (χ4n) is 2.84. The number of benzene rings is 2. The lowest BCUT2D eigenvalue weighted by Gasteiger charge is -2.10. The second-order valence-electron chi connectivity index (χ2n) is 6.34. The van der Waals surface area contributed by atoms with Crippen LogP contribution < -0.4 is 15.4 Å². The molecule has 10 heteroatoms. The van der Waals surface area contributed by atoms with Crippen LogP contribution in [0.25, 0.3) is 0 Å². The molecule has 0 bridgehead atoms. The third-order valence-electron chi connectivity index (χ3n) is 4.35. The molecular weight excluding hydrogens is 421 g/mol. The maximum absolute atomic E-state index is 13.8. The molecule has 3 rings (SSSR count). The quantitative estimate of drug-likeness (QED) is 0.493. The minimum absolute atomic E-state index is 0.0346. The minimum Gasteiger partial charge on any atom is -0.495 e. The van der Waals surface area contributed by atoms with E-state index in [1.807, 2.05) is 13.0 Å². The molecule has 162 valence electrons. The van der Waals surface area contributed by atoms with E-state index in [0.717, 1.165) is 0 Å². The molecule has 3 aromatic rings. The zero-order valence-corrected chi connectivity index (χ0v) is 17.9. The number of hydrogen-bond acceptors (Lipinski definition) is 6. The number of carbonyl (C=O) groups is 2. The summed E-state index contributed by atoms with van der Waals surface area (Å²) in [6, 6.07) is 12.9. The van der Waals surface area contributed by atoms with Crippen molar-refractivity contribution in [3.05, 3.63) is 65.7 Å². The second kappa shape index (κ2) is 10.6. The fraction of sp³-hybridized carbons (Fsp3) is 0.238. The summed E-state index contributed by atoms with van der Waals surface area (Å²) in [5.74, 6) is -0.124. The summed E-state index contributed by atoms with van der Waals surface area (Å²) in [6.07, 6.45) is 0. The third-order valence-corrected chi connectivity index (χ3v) is 5.32. The highest BCUT2D eigenvalue weighted by Gasteiger charge is 2.16. The van der Waals surface area contributed by atoms with E-state index in [4.69, 9.17) is 4.74 Å². The van der Waals surface area contributed by atoms with E-state index >= 15 is 0 Å². The number of ether oxygens (including phenoxy) is 1. The smallest absolute Gasteiger partial charge is 0.254 e. The zero-order chi connectivity index (χ0) is 22.2. The van der Waals surface area contributed by atoms with E-state index in [1.54, 1.807) is 28.8 Å². The van der Waals surface area contributed by atoms with E-state index in [0.29, 0.717) is 29.0 Å². The number of nitrogens with zero attached hydrogens (tertiary/aromatic N) is 3. The van der Waals surface area contributed by atoms with Crippen LogP contribution in [0.5, 0.6) is 5.75 Å². The predicted octanol–water partition coefficient (Wildman–Crippen LogP) is 3.11. The topological polar surface area (TPSA) is 98.1 Å². The van der Waals surface area contributed by atoms with Gasteiger partial charge in [-0.15, -0.1) is 10.2 Å². The summed E-state index contributed by atoms with van der Waals surface area (Å²) in [5.41, 5.74) is 0.553. The van der Waals surface area contributed by atoms with E-state index in [1.165, 1.54) is 37.1 Å². The van der Waals surface area contributed by atoms with Crippen LogP contribution in [0.2, 0.25) is 0 Å². The predicted molar refractivity (Wildman–Crippen MR) is 116 cm³/mol. The highest BCUT2D eigenvalue weighted by molar-refractivity contribution is 7.99. The molecule has 1 heterocycles. The highest BCUT2D eigenvalue weighted by atomic mass is 32.2. The van der Waals surface area contributed by atoms with Crippen molar-refractivity contribution >= 4 is 29.3 Å². The number of methoxy groups -OCH3 is 1. The lowest BCUT2D eigenvalue weighted by molar-refractivity contribution is -0.113. The Bertz CT molecular complexity index is 1070. The Hall–Kier alpha value is -3.40. The van der Waals surface area contributed by atoms with Crippen LogP contribution in [0, 0.1) is 5.82 Å². The average molecular weight is 444 g/mol.